The molecule has 1 aliphatic heterocycles. The Bertz CT molecular complexity index is 526. The van der Waals surface area contributed by atoms with Crippen molar-refractivity contribution in [1.82, 2.24) is 4.90 Å². The number of likely N-dealkylation sites (tertiary alicyclic amines) is 1. The molecule has 1 fully saturated rings. The van der Waals surface area contributed by atoms with Gasteiger partial charge in [0, 0.05) is 18.6 Å². The molecule has 116 valence electrons. The largest absolute Gasteiger partial charge is 0.480 e. The van der Waals surface area contributed by atoms with Crippen LogP contribution in [0.5, 0.6) is 5.75 Å². The van der Waals surface area contributed by atoms with E-state index in [1.165, 1.54) is 18.2 Å². The van der Waals surface area contributed by atoms with E-state index in [0.29, 0.717) is 16.8 Å². The number of halogens is 2. The number of hydrogen-bond donors (Lipinski definition) is 1. The molecule has 0 bridgehead atoms. The highest BCUT2D eigenvalue weighted by molar-refractivity contribution is 9.10. The number of carbonyl (C=O) groups excluding carboxylic acids is 1. The second kappa shape index (κ2) is 6.75. The van der Waals surface area contributed by atoms with E-state index in [4.69, 9.17) is 10.5 Å². The summed E-state index contributed by atoms with van der Waals surface area (Å²) in [5, 5.41) is 0. The molecule has 1 saturated heterocycles. The minimum absolute atomic E-state index is 0.0642. The summed E-state index contributed by atoms with van der Waals surface area (Å²) in [5.41, 5.74) is 5.91. The van der Waals surface area contributed by atoms with E-state index in [1.54, 1.807) is 6.92 Å². The molecule has 0 aliphatic carbocycles. The Morgan fingerprint density at radius 3 is 2.90 bits per heavy atom. The third kappa shape index (κ3) is 3.95. The lowest BCUT2D eigenvalue weighted by molar-refractivity contribution is -0.141. The molecule has 0 spiro atoms. The van der Waals surface area contributed by atoms with Gasteiger partial charge in [0.25, 0.3) is 5.91 Å². The van der Waals surface area contributed by atoms with Gasteiger partial charge < -0.3 is 15.4 Å². The Morgan fingerprint density at radius 1 is 1.57 bits per heavy atom. The number of nitrogens with zero attached hydrogens (tertiary/aromatic N) is 1. The lowest BCUT2D eigenvalue weighted by atomic mass is 9.98. The number of ether oxygens (including phenoxy) is 1. The lowest BCUT2D eigenvalue weighted by Gasteiger charge is -2.37. The number of nitrogens with two attached hydrogens (primary N) is 1. The molecule has 1 aliphatic rings. The predicted molar refractivity (Wildman–Crippen MR) is 82.6 cm³/mol. The third-order valence-corrected chi connectivity index (χ3v) is 4.36. The molecule has 2 rings (SSSR count). The molecular weight excluding hydrogens is 339 g/mol. The maximum absolute atomic E-state index is 13.0. The van der Waals surface area contributed by atoms with E-state index in [-0.39, 0.29) is 23.8 Å². The maximum atomic E-state index is 13.0. The van der Waals surface area contributed by atoms with Gasteiger partial charge in [-0.1, -0.05) is 0 Å². The molecule has 1 heterocycles. The highest BCUT2D eigenvalue weighted by atomic mass is 79.9. The Hall–Kier alpha value is -1.14. The Morgan fingerprint density at radius 2 is 2.29 bits per heavy atom. The van der Waals surface area contributed by atoms with E-state index in [0.717, 1.165) is 12.8 Å². The van der Waals surface area contributed by atoms with Gasteiger partial charge in [0.15, 0.2) is 6.10 Å². The second-order valence-electron chi connectivity index (χ2n) is 5.50. The van der Waals surface area contributed by atoms with Crippen LogP contribution in [0.1, 0.15) is 26.7 Å². The first-order valence-electron chi connectivity index (χ1n) is 7.06. The minimum atomic E-state index is -0.622. The number of amides is 1. The van der Waals surface area contributed by atoms with Crippen molar-refractivity contribution in [3.63, 3.8) is 0 Å². The minimum Gasteiger partial charge on any atom is -0.480 e. The topological polar surface area (TPSA) is 55.6 Å². The van der Waals surface area contributed by atoms with Crippen LogP contribution < -0.4 is 10.5 Å². The standard InChI is InChI=1S/C15H20BrFN2O2/c1-9-7-12(18)5-6-19(9)15(20)10(2)21-14-4-3-11(17)8-13(14)16/h3-4,8-10,12H,5-7,18H2,1-2H3/t9-,10+,12-/m1/s1. The molecule has 0 radical (unpaired) electrons. The molecule has 21 heavy (non-hydrogen) atoms. The number of carbonyl (C=O) groups is 1. The molecule has 3 atom stereocenters. The van der Waals surface area contributed by atoms with E-state index in [9.17, 15) is 9.18 Å². The summed E-state index contributed by atoms with van der Waals surface area (Å²) in [4.78, 5) is 14.3. The van der Waals surface area contributed by atoms with Crippen molar-refractivity contribution in [3.8, 4) is 5.75 Å². The molecule has 0 aromatic heterocycles. The Labute approximate surface area is 132 Å². The third-order valence-electron chi connectivity index (χ3n) is 3.75. The van der Waals surface area contributed by atoms with Crippen LogP contribution in [0.25, 0.3) is 0 Å². The molecule has 0 saturated carbocycles. The summed E-state index contributed by atoms with van der Waals surface area (Å²) in [6, 6.07) is 4.41. The molecule has 0 unspecified atom stereocenters. The summed E-state index contributed by atoms with van der Waals surface area (Å²) in [7, 11) is 0. The van der Waals surface area contributed by atoms with Crippen molar-refractivity contribution in [2.75, 3.05) is 6.54 Å². The van der Waals surface area contributed by atoms with E-state index in [1.807, 2.05) is 11.8 Å². The van der Waals surface area contributed by atoms with Gasteiger partial charge in [-0.3, -0.25) is 4.79 Å². The average molecular weight is 359 g/mol. The van der Waals surface area contributed by atoms with Crippen LogP contribution in [-0.4, -0.2) is 35.5 Å². The number of rotatable bonds is 3. The van der Waals surface area contributed by atoms with Crippen molar-refractivity contribution in [3.05, 3.63) is 28.5 Å². The summed E-state index contributed by atoms with van der Waals surface area (Å²) >= 11 is 3.23. The van der Waals surface area contributed by atoms with Crippen molar-refractivity contribution < 1.29 is 13.9 Å². The average Bonchev–Trinajstić information content (AvgIpc) is 2.41. The molecule has 2 N–H and O–H groups in total. The monoisotopic (exact) mass is 358 g/mol. The Kier molecular flexibility index (Phi) is 5.22. The lowest BCUT2D eigenvalue weighted by Crippen LogP contribution is -2.51. The van der Waals surface area contributed by atoms with Crippen LogP contribution in [0.2, 0.25) is 0 Å². The van der Waals surface area contributed by atoms with Gasteiger partial charge in [0.1, 0.15) is 11.6 Å². The first kappa shape index (κ1) is 16.2. The fraction of sp³-hybridized carbons (Fsp3) is 0.533. The van der Waals surface area contributed by atoms with Crippen molar-refractivity contribution >= 4 is 21.8 Å². The van der Waals surface area contributed by atoms with Crippen molar-refractivity contribution in [1.29, 1.82) is 0 Å². The molecule has 1 amide bonds. The zero-order chi connectivity index (χ0) is 15.6. The molecule has 1 aromatic rings. The van der Waals surface area contributed by atoms with E-state index in [2.05, 4.69) is 15.9 Å². The maximum Gasteiger partial charge on any atom is 0.263 e. The second-order valence-corrected chi connectivity index (χ2v) is 6.35. The van der Waals surface area contributed by atoms with Gasteiger partial charge in [-0.2, -0.15) is 0 Å². The van der Waals surface area contributed by atoms with Gasteiger partial charge in [0.2, 0.25) is 0 Å². The molecular formula is C15H20BrFN2O2. The highest BCUT2D eigenvalue weighted by Gasteiger charge is 2.30. The van der Waals surface area contributed by atoms with Crippen LogP contribution >= 0.6 is 15.9 Å². The van der Waals surface area contributed by atoms with Crippen LogP contribution in [-0.2, 0) is 4.79 Å². The number of benzene rings is 1. The normalized spacial score (nSPS) is 23.8. The van der Waals surface area contributed by atoms with Crippen LogP contribution in [0.4, 0.5) is 4.39 Å². The number of hydrogen-bond acceptors (Lipinski definition) is 3. The van der Waals surface area contributed by atoms with Gasteiger partial charge in [0.05, 0.1) is 4.47 Å². The molecule has 4 nitrogen and oxygen atoms in total. The summed E-state index contributed by atoms with van der Waals surface area (Å²) in [5.74, 6) is 0.0380. The summed E-state index contributed by atoms with van der Waals surface area (Å²) in [6.45, 7) is 4.36. The first-order chi connectivity index (χ1) is 9.88. The van der Waals surface area contributed by atoms with Gasteiger partial charge in [-0.05, 0) is 60.8 Å². The van der Waals surface area contributed by atoms with Crippen LogP contribution in [0.3, 0.4) is 0 Å². The molecule has 6 heteroatoms. The van der Waals surface area contributed by atoms with Crippen LogP contribution in [0.15, 0.2) is 22.7 Å². The highest BCUT2D eigenvalue weighted by Crippen LogP contribution is 2.27. The fourth-order valence-electron chi connectivity index (χ4n) is 2.58. The van der Waals surface area contributed by atoms with Crippen molar-refractivity contribution in [2.24, 2.45) is 5.73 Å². The smallest absolute Gasteiger partial charge is 0.263 e. The van der Waals surface area contributed by atoms with Gasteiger partial charge >= 0.3 is 0 Å². The van der Waals surface area contributed by atoms with E-state index < -0.39 is 6.10 Å². The Balaban J connectivity index is 2.02. The fourth-order valence-corrected chi connectivity index (χ4v) is 3.03. The molecule has 1 aromatic carbocycles. The van der Waals surface area contributed by atoms with Crippen LogP contribution in [0, 0.1) is 5.82 Å². The van der Waals surface area contributed by atoms with E-state index >= 15 is 0 Å². The first-order valence-corrected chi connectivity index (χ1v) is 7.85. The predicted octanol–water partition coefficient (Wildman–Crippen LogP) is 2.69. The van der Waals surface area contributed by atoms with Crippen molar-refractivity contribution in [2.45, 2.75) is 44.9 Å². The summed E-state index contributed by atoms with van der Waals surface area (Å²) in [6.07, 6.45) is 0.991. The zero-order valence-electron chi connectivity index (χ0n) is 12.2. The van der Waals surface area contributed by atoms with Gasteiger partial charge in [-0.25, -0.2) is 4.39 Å². The SMILES string of the molecule is C[C@H](Oc1ccc(F)cc1Br)C(=O)N1CC[C@@H](N)C[C@H]1C. The van der Waals surface area contributed by atoms with Gasteiger partial charge in [-0.15, -0.1) is 0 Å². The zero-order valence-corrected chi connectivity index (χ0v) is 13.8. The quantitative estimate of drug-likeness (QED) is 0.903. The number of piperidine rings is 1. The summed E-state index contributed by atoms with van der Waals surface area (Å²) < 4.78 is 19.2.